The summed E-state index contributed by atoms with van der Waals surface area (Å²) >= 11 is 0. The monoisotopic (exact) mass is 228 g/mol. The van der Waals surface area contributed by atoms with Crippen molar-refractivity contribution in [2.45, 2.75) is 51.7 Å². The van der Waals surface area contributed by atoms with Gasteiger partial charge in [0.2, 0.25) is 5.91 Å². The first-order chi connectivity index (χ1) is 7.35. The number of amides is 1. The van der Waals surface area contributed by atoms with Gasteiger partial charge in [-0.05, 0) is 33.6 Å². The highest BCUT2D eigenvalue weighted by atomic mass is 16.3. The number of likely N-dealkylation sites (N-methyl/N-ethyl adjacent to an activating group) is 1. The smallest absolute Gasteiger partial charge is 0.227 e. The molecule has 0 aliphatic heterocycles. The lowest BCUT2D eigenvalue weighted by Gasteiger charge is -2.31. The molecule has 1 aliphatic carbocycles. The minimum atomic E-state index is -0.839. The first-order valence-corrected chi connectivity index (χ1v) is 6.12. The van der Waals surface area contributed by atoms with Gasteiger partial charge in [0.15, 0.2) is 0 Å². The van der Waals surface area contributed by atoms with Crippen LogP contribution in [0.2, 0.25) is 0 Å². The second-order valence-electron chi connectivity index (χ2n) is 5.37. The summed E-state index contributed by atoms with van der Waals surface area (Å²) in [5, 5.41) is 9.75. The fraction of sp³-hybridized carbons (Fsp3) is 0.917. The van der Waals surface area contributed by atoms with Gasteiger partial charge in [-0.2, -0.15) is 0 Å². The molecule has 4 heteroatoms. The SMILES string of the molecule is CCN(CC(C)(C)O)C(=O)C1CCCC1N. The van der Waals surface area contributed by atoms with E-state index in [-0.39, 0.29) is 17.9 Å². The molecule has 94 valence electrons. The summed E-state index contributed by atoms with van der Waals surface area (Å²) in [5.41, 5.74) is 5.09. The van der Waals surface area contributed by atoms with Crippen LogP contribution in [0.4, 0.5) is 0 Å². The summed E-state index contributed by atoms with van der Waals surface area (Å²) in [4.78, 5) is 13.9. The van der Waals surface area contributed by atoms with Gasteiger partial charge in [0.05, 0.1) is 11.5 Å². The quantitative estimate of drug-likeness (QED) is 0.745. The topological polar surface area (TPSA) is 66.6 Å². The van der Waals surface area contributed by atoms with Crippen LogP contribution in [-0.4, -0.2) is 40.6 Å². The molecule has 2 atom stereocenters. The van der Waals surface area contributed by atoms with E-state index >= 15 is 0 Å². The maximum Gasteiger partial charge on any atom is 0.227 e. The maximum absolute atomic E-state index is 12.2. The highest BCUT2D eigenvalue weighted by molar-refractivity contribution is 5.80. The lowest BCUT2D eigenvalue weighted by atomic mass is 10.0. The van der Waals surface area contributed by atoms with Gasteiger partial charge >= 0.3 is 0 Å². The molecular formula is C12H24N2O2. The fourth-order valence-corrected chi connectivity index (χ4v) is 2.34. The van der Waals surface area contributed by atoms with Gasteiger partial charge in [0, 0.05) is 19.1 Å². The minimum absolute atomic E-state index is 0.00311. The third-order valence-corrected chi connectivity index (χ3v) is 3.16. The van der Waals surface area contributed by atoms with Crippen molar-refractivity contribution in [1.29, 1.82) is 0 Å². The average molecular weight is 228 g/mol. The molecule has 16 heavy (non-hydrogen) atoms. The predicted octanol–water partition coefficient (Wildman–Crippen LogP) is 0.733. The molecule has 1 fully saturated rings. The molecule has 1 amide bonds. The molecule has 1 rings (SSSR count). The minimum Gasteiger partial charge on any atom is -0.389 e. The lowest BCUT2D eigenvalue weighted by molar-refractivity contribution is -0.138. The van der Waals surface area contributed by atoms with Crippen molar-refractivity contribution in [2.24, 2.45) is 11.7 Å². The molecule has 4 nitrogen and oxygen atoms in total. The second kappa shape index (κ2) is 5.15. The van der Waals surface area contributed by atoms with E-state index in [1.54, 1.807) is 18.7 Å². The highest BCUT2D eigenvalue weighted by Crippen LogP contribution is 2.26. The van der Waals surface area contributed by atoms with Crippen LogP contribution in [0.25, 0.3) is 0 Å². The summed E-state index contributed by atoms with van der Waals surface area (Å²) in [6.45, 7) is 6.39. The van der Waals surface area contributed by atoms with E-state index in [0.29, 0.717) is 13.1 Å². The summed E-state index contributed by atoms with van der Waals surface area (Å²) in [5.74, 6) is 0.0666. The Morgan fingerprint density at radius 3 is 2.50 bits per heavy atom. The van der Waals surface area contributed by atoms with Crippen molar-refractivity contribution in [1.82, 2.24) is 4.90 Å². The molecule has 1 aliphatic rings. The largest absolute Gasteiger partial charge is 0.389 e. The van der Waals surface area contributed by atoms with Crippen LogP contribution in [0.15, 0.2) is 0 Å². The number of nitrogens with zero attached hydrogens (tertiary/aromatic N) is 1. The van der Waals surface area contributed by atoms with Gasteiger partial charge in [-0.15, -0.1) is 0 Å². The summed E-state index contributed by atoms with van der Waals surface area (Å²) in [7, 11) is 0. The van der Waals surface area contributed by atoms with E-state index in [1.807, 2.05) is 6.92 Å². The van der Waals surface area contributed by atoms with Crippen LogP contribution in [0.3, 0.4) is 0 Å². The molecule has 2 unspecified atom stereocenters. The Morgan fingerprint density at radius 1 is 1.50 bits per heavy atom. The van der Waals surface area contributed by atoms with Gasteiger partial charge in [-0.1, -0.05) is 6.42 Å². The number of carbonyl (C=O) groups is 1. The number of carbonyl (C=O) groups excluding carboxylic acids is 1. The maximum atomic E-state index is 12.2. The van der Waals surface area contributed by atoms with Crippen LogP contribution in [-0.2, 0) is 4.79 Å². The first kappa shape index (κ1) is 13.5. The van der Waals surface area contributed by atoms with Crippen molar-refractivity contribution in [3.63, 3.8) is 0 Å². The van der Waals surface area contributed by atoms with Crippen LogP contribution >= 0.6 is 0 Å². The number of hydrogen-bond donors (Lipinski definition) is 2. The number of nitrogens with two attached hydrogens (primary N) is 1. The number of hydrogen-bond acceptors (Lipinski definition) is 3. The zero-order chi connectivity index (χ0) is 12.3. The van der Waals surface area contributed by atoms with Gasteiger partial charge in [-0.25, -0.2) is 0 Å². The normalized spacial score (nSPS) is 25.8. The lowest BCUT2D eigenvalue weighted by Crippen LogP contribution is -2.47. The van der Waals surface area contributed by atoms with Crippen LogP contribution in [0, 0.1) is 5.92 Å². The van der Waals surface area contributed by atoms with E-state index < -0.39 is 5.60 Å². The molecule has 0 spiro atoms. The van der Waals surface area contributed by atoms with E-state index in [1.165, 1.54) is 0 Å². The highest BCUT2D eigenvalue weighted by Gasteiger charge is 2.34. The zero-order valence-corrected chi connectivity index (χ0v) is 10.6. The second-order valence-corrected chi connectivity index (χ2v) is 5.37. The molecule has 0 aromatic rings. The summed E-state index contributed by atoms with van der Waals surface area (Å²) in [6, 6.07) is 0.00311. The van der Waals surface area contributed by atoms with Crippen LogP contribution in [0.1, 0.15) is 40.0 Å². The van der Waals surface area contributed by atoms with Crippen LogP contribution < -0.4 is 5.73 Å². The van der Waals surface area contributed by atoms with Crippen LogP contribution in [0.5, 0.6) is 0 Å². The molecule has 0 heterocycles. The van der Waals surface area contributed by atoms with E-state index in [0.717, 1.165) is 19.3 Å². The van der Waals surface area contributed by atoms with Gasteiger partial charge in [0.25, 0.3) is 0 Å². The van der Waals surface area contributed by atoms with Gasteiger partial charge in [0.1, 0.15) is 0 Å². The first-order valence-electron chi connectivity index (χ1n) is 6.12. The standard InChI is InChI=1S/C12H24N2O2/c1-4-14(8-12(2,3)16)11(15)9-6-5-7-10(9)13/h9-10,16H,4-8,13H2,1-3H3. The fourth-order valence-electron chi connectivity index (χ4n) is 2.34. The van der Waals surface area contributed by atoms with E-state index in [4.69, 9.17) is 5.73 Å². The van der Waals surface area contributed by atoms with Gasteiger partial charge in [-0.3, -0.25) is 4.79 Å². The molecule has 0 aromatic heterocycles. The Morgan fingerprint density at radius 2 is 2.12 bits per heavy atom. The van der Waals surface area contributed by atoms with Crippen molar-refractivity contribution in [3.05, 3.63) is 0 Å². The van der Waals surface area contributed by atoms with Crippen molar-refractivity contribution in [2.75, 3.05) is 13.1 Å². The summed E-state index contributed by atoms with van der Waals surface area (Å²) in [6.07, 6.45) is 2.87. The average Bonchev–Trinajstić information content (AvgIpc) is 2.58. The zero-order valence-electron chi connectivity index (χ0n) is 10.6. The molecular weight excluding hydrogens is 204 g/mol. The molecule has 3 N–H and O–H groups in total. The van der Waals surface area contributed by atoms with Crippen molar-refractivity contribution in [3.8, 4) is 0 Å². The number of aliphatic hydroxyl groups is 1. The Kier molecular flexibility index (Phi) is 4.33. The molecule has 0 radical (unpaired) electrons. The van der Waals surface area contributed by atoms with E-state index in [2.05, 4.69) is 0 Å². The third kappa shape index (κ3) is 3.46. The summed E-state index contributed by atoms with van der Waals surface area (Å²) < 4.78 is 0. The predicted molar refractivity (Wildman–Crippen MR) is 63.9 cm³/mol. The Hall–Kier alpha value is -0.610. The Bertz CT molecular complexity index is 248. The number of rotatable bonds is 4. The molecule has 1 saturated carbocycles. The van der Waals surface area contributed by atoms with Gasteiger partial charge < -0.3 is 15.7 Å². The molecule has 0 bridgehead atoms. The Balaban J connectivity index is 2.62. The molecule has 0 saturated heterocycles. The Labute approximate surface area is 97.8 Å². The van der Waals surface area contributed by atoms with Crippen molar-refractivity contribution < 1.29 is 9.90 Å². The van der Waals surface area contributed by atoms with Crippen molar-refractivity contribution >= 4 is 5.91 Å². The molecule has 0 aromatic carbocycles. The van der Waals surface area contributed by atoms with E-state index in [9.17, 15) is 9.90 Å². The third-order valence-electron chi connectivity index (χ3n) is 3.16.